The number of benzene rings is 2. The summed E-state index contributed by atoms with van der Waals surface area (Å²) in [5.74, 6) is -0.430. The van der Waals surface area contributed by atoms with E-state index < -0.39 is 28.5 Å². The minimum Gasteiger partial charge on any atom is -0.496 e. The minimum absolute atomic E-state index is 0.224. The second kappa shape index (κ2) is 8.97. The van der Waals surface area contributed by atoms with Gasteiger partial charge in [-0.15, -0.1) is 0 Å². The summed E-state index contributed by atoms with van der Waals surface area (Å²) >= 11 is 0. The lowest BCUT2D eigenvalue weighted by atomic mass is 10.1. The first-order valence-corrected chi connectivity index (χ1v) is 11.7. The topological polar surface area (TPSA) is 102 Å². The van der Waals surface area contributed by atoms with Crippen molar-refractivity contribution in [1.29, 1.82) is 0 Å². The standard InChI is InChI=1S/C22H26N2O6S/c1-14-11-17-12-16(9-10-19(17)24(14)31(4,27)28)22(26)30-13-21(25)23-15(2)18-7-5-6-8-20(18)29-3/h5-10,12,14-15H,11,13H2,1-4H3,(H,23,25). The summed E-state index contributed by atoms with van der Waals surface area (Å²) in [5, 5.41) is 2.78. The van der Waals surface area contributed by atoms with Crippen molar-refractivity contribution >= 4 is 27.6 Å². The van der Waals surface area contributed by atoms with E-state index in [1.807, 2.05) is 32.0 Å². The lowest BCUT2D eigenvalue weighted by Crippen LogP contribution is -2.34. The van der Waals surface area contributed by atoms with Gasteiger partial charge < -0.3 is 14.8 Å². The Bertz CT molecular complexity index is 1100. The number of para-hydroxylation sites is 1. The van der Waals surface area contributed by atoms with Gasteiger partial charge in [0.25, 0.3) is 5.91 Å². The van der Waals surface area contributed by atoms with Gasteiger partial charge in [-0.25, -0.2) is 13.2 Å². The van der Waals surface area contributed by atoms with Crippen LogP contribution in [0.2, 0.25) is 0 Å². The van der Waals surface area contributed by atoms with Crippen LogP contribution in [0.25, 0.3) is 0 Å². The van der Waals surface area contributed by atoms with Crippen LogP contribution in [0, 0.1) is 0 Å². The number of esters is 1. The third kappa shape index (κ3) is 4.99. The molecular weight excluding hydrogens is 420 g/mol. The molecule has 3 rings (SSSR count). The number of amides is 1. The van der Waals surface area contributed by atoms with Crippen LogP contribution in [0.3, 0.4) is 0 Å². The molecule has 2 unspecified atom stereocenters. The SMILES string of the molecule is COc1ccccc1C(C)NC(=O)COC(=O)c1ccc2c(c1)CC(C)N2S(C)(=O)=O. The number of sulfonamides is 1. The van der Waals surface area contributed by atoms with Gasteiger partial charge in [-0.2, -0.15) is 0 Å². The highest BCUT2D eigenvalue weighted by molar-refractivity contribution is 7.92. The van der Waals surface area contributed by atoms with Crippen LogP contribution < -0.4 is 14.4 Å². The molecule has 1 amide bonds. The van der Waals surface area contributed by atoms with Gasteiger partial charge in [0, 0.05) is 11.6 Å². The second-order valence-corrected chi connectivity index (χ2v) is 9.42. The lowest BCUT2D eigenvalue weighted by molar-refractivity contribution is -0.124. The van der Waals surface area contributed by atoms with Gasteiger partial charge in [-0.05, 0) is 50.1 Å². The monoisotopic (exact) mass is 446 g/mol. The molecule has 31 heavy (non-hydrogen) atoms. The molecule has 2 aromatic rings. The first-order chi connectivity index (χ1) is 14.6. The van der Waals surface area contributed by atoms with Crippen LogP contribution in [0.5, 0.6) is 5.75 Å². The molecule has 1 N–H and O–H groups in total. The molecule has 0 aliphatic carbocycles. The number of methoxy groups -OCH3 is 1. The van der Waals surface area contributed by atoms with Crippen molar-refractivity contribution in [3.63, 3.8) is 0 Å². The maximum Gasteiger partial charge on any atom is 0.338 e. The number of fused-ring (bicyclic) bond motifs is 1. The van der Waals surface area contributed by atoms with E-state index in [0.717, 1.165) is 17.4 Å². The van der Waals surface area contributed by atoms with Crippen LogP contribution >= 0.6 is 0 Å². The Morgan fingerprint density at radius 2 is 1.94 bits per heavy atom. The van der Waals surface area contributed by atoms with Crippen molar-refractivity contribution in [2.45, 2.75) is 32.4 Å². The van der Waals surface area contributed by atoms with Crippen molar-refractivity contribution in [3.8, 4) is 5.75 Å². The highest BCUT2D eigenvalue weighted by Gasteiger charge is 2.33. The van der Waals surface area contributed by atoms with Crippen LogP contribution in [0.1, 0.15) is 41.4 Å². The van der Waals surface area contributed by atoms with E-state index >= 15 is 0 Å². The van der Waals surface area contributed by atoms with Crippen molar-refractivity contribution < 1.29 is 27.5 Å². The molecule has 2 atom stereocenters. The predicted octanol–water partition coefficient (Wildman–Crippen LogP) is 2.44. The molecule has 0 fully saturated rings. The molecule has 0 bridgehead atoms. The number of nitrogens with one attached hydrogen (secondary N) is 1. The van der Waals surface area contributed by atoms with Gasteiger partial charge in [0.05, 0.1) is 30.7 Å². The summed E-state index contributed by atoms with van der Waals surface area (Å²) in [4.78, 5) is 24.7. The number of hydrogen-bond acceptors (Lipinski definition) is 6. The molecule has 8 nitrogen and oxygen atoms in total. The van der Waals surface area contributed by atoms with Crippen molar-refractivity contribution in [3.05, 3.63) is 59.2 Å². The number of hydrogen-bond donors (Lipinski definition) is 1. The largest absolute Gasteiger partial charge is 0.496 e. The smallest absolute Gasteiger partial charge is 0.338 e. The Morgan fingerprint density at radius 3 is 2.61 bits per heavy atom. The Balaban J connectivity index is 1.61. The number of carbonyl (C=O) groups is 2. The van der Waals surface area contributed by atoms with Gasteiger partial charge in [-0.3, -0.25) is 9.10 Å². The summed E-state index contributed by atoms with van der Waals surface area (Å²) < 4.78 is 35.8. The summed E-state index contributed by atoms with van der Waals surface area (Å²) in [5.41, 5.74) is 2.40. The lowest BCUT2D eigenvalue weighted by Gasteiger charge is -2.21. The minimum atomic E-state index is -3.40. The molecule has 0 aromatic heterocycles. The second-order valence-electron chi connectivity index (χ2n) is 7.56. The zero-order chi connectivity index (χ0) is 22.8. The van der Waals surface area contributed by atoms with E-state index in [4.69, 9.17) is 9.47 Å². The van der Waals surface area contributed by atoms with Crippen LogP contribution in [0.15, 0.2) is 42.5 Å². The fourth-order valence-electron chi connectivity index (χ4n) is 3.83. The van der Waals surface area contributed by atoms with E-state index in [-0.39, 0.29) is 17.6 Å². The maximum absolute atomic E-state index is 12.4. The van der Waals surface area contributed by atoms with Crippen LogP contribution in [0.4, 0.5) is 5.69 Å². The maximum atomic E-state index is 12.4. The fraction of sp³-hybridized carbons (Fsp3) is 0.364. The number of nitrogens with zero attached hydrogens (tertiary/aromatic N) is 1. The number of rotatable bonds is 7. The summed E-state index contributed by atoms with van der Waals surface area (Å²) in [7, 11) is -1.85. The van der Waals surface area contributed by atoms with E-state index in [9.17, 15) is 18.0 Å². The van der Waals surface area contributed by atoms with Crippen molar-refractivity contribution in [2.24, 2.45) is 0 Å². The van der Waals surface area contributed by atoms with Gasteiger partial charge in [0.1, 0.15) is 5.75 Å². The Kier molecular flexibility index (Phi) is 6.54. The Morgan fingerprint density at radius 1 is 1.23 bits per heavy atom. The molecule has 0 spiro atoms. The molecular formula is C22H26N2O6S. The van der Waals surface area contributed by atoms with Crippen molar-refractivity contribution in [1.82, 2.24) is 5.32 Å². The normalized spacial score (nSPS) is 16.4. The van der Waals surface area contributed by atoms with Gasteiger partial charge >= 0.3 is 5.97 Å². The molecule has 0 radical (unpaired) electrons. The number of ether oxygens (including phenoxy) is 2. The molecule has 9 heteroatoms. The molecule has 1 aliphatic heterocycles. The fourth-order valence-corrected chi connectivity index (χ4v) is 5.10. The molecule has 1 heterocycles. The third-order valence-electron chi connectivity index (χ3n) is 5.14. The van der Waals surface area contributed by atoms with E-state index in [1.165, 1.54) is 10.4 Å². The predicted molar refractivity (Wildman–Crippen MR) is 117 cm³/mol. The van der Waals surface area contributed by atoms with Gasteiger partial charge in [-0.1, -0.05) is 18.2 Å². The van der Waals surface area contributed by atoms with Crippen molar-refractivity contribution in [2.75, 3.05) is 24.3 Å². The highest BCUT2D eigenvalue weighted by Crippen LogP contribution is 2.34. The Hall–Kier alpha value is -3.07. The first kappa shape index (κ1) is 22.6. The van der Waals surface area contributed by atoms with Gasteiger partial charge in [0.15, 0.2) is 6.61 Å². The average Bonchev–Trinajstić information content (AvgIpc) is 3.06. The molecule has 2 aromatic carbocycles. The first-order valence-electron chi connectivity index (χ1n) is 9.83. The zero-order valence-electron chi connectivity index (χ0n) is 17.9. The Labute approximate surface area is 182 Å². The summed E-state index contributed by atoms with van der Waals surface area (Å²) in [6, 6.07) is 11.5. The third-order valence-corrected chi connectivity index (χ3v) is 6.41. The highest BCUT2D eigenvalue weighted by atomic mass is 32.2. The summed E-state index contributed by atoms with van der Waals surface area (Å²) in [6.45, 7) is 3.19. The molecule has 1 aliphatic rings. The van der Waals surface area contributed by atoms with Gasteiger partial charge in [0.2, 0.25) is 10.0 Å². The van der Waals surface area contributed by atoms with E-state index in [0.29, 0.717) is 17.9 Å². The number of anilines is 1. The van der Waals surface area contributed by atoms with E-state index in [1.54, 1.807) is 25.3 Å². The zero-order valence-corrected chi connectivity index (χ0v) is 18.7. The van der Waals surface area contributed by atoms with E-state index in [2.05, 4.69) is 5.32 Å². The van der Waals surface area contributed by atoms with Crippen LogP contribution in [-0.2, 0) is 26.0 Å². The molecule has 0 saturated heterocycles. The number of carbonyl (C=O) groups excluding carboxylic acids is 2. The molecule has 166 valence electrons. The molecule has 0 saturated carbocycles. The average molecular weight is 447 g/mol. The van der Waals surface area contributed by atoms with Crippen LogP contribution in [-0.4, -0.2) is 46.3 Å². The summed E-state index contributed by atoms with van der Waals surface area (Å²) in [6.07, 6.45) is 1.66. The quantitative estimate of drug-likeness (QED) is 0.656.